The zero-order chi connectivity index (χ0) is 18.1. The lowest BCUT2D eigenvalue weighted by Gasteiger charge is -2.36. The van der Waals surface area contributed by atoms with Gasteiger partial charge in [0.25, 0.3) is 5.69 Å². The zero-order valence-electron chi connectivity index (χ0n) is 13.7. The molecule has 7 nitrogen and oxygen atoms in total. The number of benzene rings is 1. The second-order valence-electron chi connectivity index (χ2n) is 6.47. The first-order valence-electron chi connectivity index (χ1n) is 7.45. The number of ether oxygens (including phenoxy) is 1. The summed E-state index contributed by atoms with van der Waals surface area (Å²) in [4.78, 5) is 24.6. The summed E-state index contributed by atoms with van der Waals surface area (Å²) in [7, 11) is 0. The molecule has 132 valence electrons. The van der Waals surface area contributed by atoms with E-state index in [9.17, 15) is 23.7 Å². The van der Waals surface area contributed by atoms with E-state index in [0.29, 0.717) is 12.1 Å². The average Bonchev–Trinajstić information content (AvgIpc) is 2.45. The van der Waals surface area contributed by atoms with Crippen molar-refractivity contribution in [3.8, 4) is 0 Å². The summed E-state index contributed by atoms with van der Waals surface area (Å²) in [6.07, 6.45) is -0.480. The maximum atomic E-state index is 14.0. The molecular weight excluding hydrogens is 324 g/mol. The van der Waals surface area contributed by atoms with E-state index >= 15 is 0 Å². The quantitative estimate of drug-likeness (QED) is 0.610. The molecule has 9 heteroatoms. The minimum absolute atomic E-state index is 0.199. The highest BCUT2D eigenvalue weighted by atomic mass is 19.1. The third-order valence-corrected chi connectivity index (χ3v) is 3.46. The fourth-order valence-corrected chi connectivity index (χ4v) is 2.40. The van der Waals surface area contributed by atoms with Crippen molar-refractivity contribution in [1.29, 1.82) is 0 Å². The molecule has 2 rings (SSSR count). The van der Waals surface area contributed by atoms with Gasteiger partial charge in [-0.05, 0) is 20.8 Å². The Balaban J connectivity index is 2.07. The lowest BCUT2D eigenvalue weighted by atomic mass is 10.2. The number of carbonyl (C=O) groups excluding carboxylic acids is 1. The van der Waals surface area contributed by atoms with Gasteiger partial charge in [-0.25, -0.2) is 13.6 Å². The number of piperazine rings is 1. The molecule has 1 amide bonds. The molecule has 1 aliphatic rings. The fourth-order valence-electron chi connectivity index (χ4n) is 2.40. The molecule has 1 aliphatic heterocycles. The number of amides is 1. The van der Waals surface area contributed by atoms with Gasteiger partial charge < -0.3 is 14.5 Å². The number of hydrogen-bond donors (Lipinski definition) is 0. The third kappa shape index (κ3) is 4.09. The standard InChI is InChI=1S/C15H19F2N3O4/c1-15(2,3)24-14(21)19-6-4-18(5-7-19)13-11(16)8-10(20(22)23)9-12(13)17/h8-9H,4-7H2,1-3H3. The molecule has 0 spiro atoms. The predicted molar refractivity (Wildman–Crippen MR) is 83.0 cm³/mol. The van der Waals surface area contributed by atoms with E-state index in [2.05, 4.69) is 0 Å². The van der Waals surface area contributed by atoms with Crippen LogP contribution < -0.4 is 4.90 Å². The van der Waals surface area contributed by atoms with Crippen molar-refractivity contribution in [1.82, 2.24) is 4.90 Å². The van der Waals surface area contributed by atoms with E-state index < -0.39 is 33.9 Å². The van der Waals surface area contributed by atoms with Gasteiger partial charge in [-0.3, -0.25) is 10.1 Å². The Hall–Kier alpha value is -2.45. The Morgan fingerprint density at radius 1 is 1.17 bits per heavy atom. The summed E-state index contributed by atoms with van der Waals surface area (Å²) >= 11 is 0. The number of rotatable bonds is 2. The number of non-ortho nitro benzene ring substituents is 1. The third-order valence-electron chi connectivity index (χ3n) is 3.46. The van der Waals surface area contributed by atoms with Crippen LogP contribution in [0.15, 0.2) is 12.1 Å². The van der Waals surface area contributed by atoms with Crippen LogP contribution >= 0.6 is 0 Å². The predicted octanol–water partition coefficient (Wildman–Crippen LogP) is 2.93. The molecule has 0 bridgehead atoms. The molecule has 0 unspecified atom stereocenters. The number of nitro groups is 1. The maximum absolute atomic E-state index is 14.0. The molecule has 1 aromatic rings. The van der Waals surface area contributed by atoms with Crippen molar-refractivity contribution < 1.29 is 23.2 Å². The molecule has 0 saturated carbocycles. The molecule has 1 aromatic carbocycles. The highest BCUT2D eigenvalue weighted by molar-refractivity contribution is 5.68. The van der Waals surface area contributed by atoms with Crippen molar-refractivity contribution in [3.05, 3.63) is 33.9 Å². The highest BCUT2D eigenvalue weighted by Gasteiger charge is 2.29. The number of hydrogen-bond acceptors (Lipinski definition) is 5. The zero-order valence-corrected chi connectivity index (χ0v) is 13.7. The molecule has 1 heterocycles. The van der Waals surface area contributed by atoms with Crippen LogP contribution in [0.25, 0.3) is 0 Å². The minimum Gasteiger partial charge on any atom is -0.444 e. The van der Waals surface area contributed by atoms with E-state index in [0.717, 1.165) is 0 Å². The summed E-state index contributed by atoms with van der Waals surface area (Å²) in [5.74, 6) is -1.99. The van der Waals surface area contributed by atoms with E-state index in [1.165, 1.54) is 9.80 Å². The van der Waals surface area contributed by atoms with Gasteiger partial charge in [-0.2, -0.15) is 0 Å². The molecule has 0 N–H and O–H groups in total. The first-order valence-corrected chi connectivity index (χ1v) is 7.45. The van der Waals surface area contributed by atoms with Crippen molar-refractivity contribution in [2.24, 2.45) is 0 Å². The fraction of sp³-hybridized carbons (Fsp3) is 0.533. The lowest BCUT2D eigenvalue weighted by Crippen LogP contribution is -2.50. The van der Waals surface area contributed by atoms with Crippen LogP contribution in [0.2, 0.25) is 0 Å². The lowest BCUT2D eigenvalue weighted by molar-refractivity contribution is -0.385. The van der Waals surface area contributed by atoms with Crippen LogP contribution in [0, 0.1) is 21.7 Å². The Bertz CT molecular complexity index is 630. The second kappa shape index (κ2) is 6.58. The molecule has 0 aromatic heterocycles. The van der Waals surface area contributed by atoms with Crippen molar-refractivity contribution >= 4 is 17.5 Å². The van der Waals surface area contributed by atoms with Crippen LogP contribution in [0.5, 0.6) is 0 Å². The number of nitro benzene ring substituents is 1. The van der Waals surface area contributed by atoms with Gasteiger partial charge in [-0.1, -0.05) is 0 Å². The normalized spacial score (nSPS) is 15.4. The Morgan fingerprint density at radius 3 is 2.08 bits per heavy atom. The Kier molecular flexibility index (Phi) is 4.91. The summed E-state index contributed by atoms with van der Waals surface area (Å²) in [5, 5.41) is 10.6. The molecular formula is C15H19F2N3O4. The second-order valence-corrected chi connectivity index (χ2v) is 6.47. The average molecular weight is 343 g/mol. The van der Waals surface area contributed by atoms with E-state index in [-0.39, 0.29) is 31.9 Å². The van der Waals surface area contributed by atoms with Gasteiger partial charge >= 0.3 is 6.09 Å². The van der Waals surface area contributed by atoms with Gasteiger partial charge in [-0.15, -0.1) is 0 Å². The van der Waals surface area contributed by atoms with Crippen LogP contribution in [0.3, 0.4) is 0 Å². The SMILES string of the molecule is CC(C)(C)OC(=O)N1CCN(c2c(F)cc([N+](=O)[O-])cc2F)CC1. The Morgan fingerprint density at radius 2 is 1.67 bits per heavy atom. The molecule has 24 heavy (non-hydrogen) atoms. The van der Waals surface area contributed by atoms with E-state index in [1.807, 2.05) is 0 Å². The summed E-state index contributed by atoms with van der Waals surface area (Å²) in [6, 6.07) is 1.39. The van der Waals surface area contributed by atoms with E-state index in [1.54, 1.807) is 20.8 Å². The first kappa shape index (κ1) is 17.9. The molecule has 0 aliphatic carbocycles. The number of halogens is 2. The maximum Gasteiger partial charge on any atom is 0.410 e. The van der Waals surface area contributed by atoms with Crippen molar-refractivity contribution in [2.75, 3.05) is 31.1 Å². The van der Waals surface area contributed by atoms with Crippen LogP contribution in [0.1, 0.15) is 20.8 Å². The van der Waals surface area contributed by atoms with Crippen LogP contribution in [-0.4, -0.2) is 47.7 Å². The smallest absolute Gasteiger partial charge is 0.410 e. The van der Waals surface area contributed by atoms with Crippen molar-refractivity contribution in [2.45, 2.75) is 26.4 Å². The van der Waals surface area contributed by atoms with E-state index in [4.69, 9.17) is 4.74 Å². The Labute approximate surface area is 137 Å². The minimum atomic E-state index is -0.993. The van der Waals surface area contributed by atoms with Gasteiger partial charge in [0.2, 0.25) is 0 Å². The topological polar surface area (TPSA) is 75.9 Å². The van der Waals surface area contributed by atoms with Crippen molar-refractivity contribution in [3.63, 3.8) is 0 Å². The highest BCUT2D eigenvalue weighted by Crippen LogP contribution is 2.29. The summed E-state index contributed by atoms with van der Waals surface area (Å²) in [5.41, 5.74) is -1.57. The molecule has 1 fully saturated rings. The van der Waals surface area contributed by atoms with Gasteiger partial charge in [0.05, 0.1) is 17.1 Å². The van der Waals surface area contributed by atoms with Gasteiger partial charge in [0, 0.05) is 26.2 Å². The van der Waals surface area contributed by atoms with Crippen LogP contribution in [-0.2, 0) is 4.74 Å². The number of carbonyl (C=O) groups is 1. The number of nitrogens with zero attached hydrogens (tertiary/aromatic N) is 3. The van der Waals surface area contributed by atoms with Crippen LogP contribution in [0.4, 0.5) is 25.0 Å². The molecule has 0 atom stereocenters. The first-order chi connectivity index (χ1) is 11.1. The molecule has 1 saturated heterocycles. The van der Waals surface area contributed by atoms with Gasteiger partial charge in [0.1, 0.15) is 11.3 Å². The molecule has 0 radical (unpaired) electrons. The number of anilines is 1. The summed E-state index contributed by atoms with van der Waals surface area (Å²) < 4.78 is 33.3. The van der Waals surface area contributed by atoms with Gasteiger partial charge in [0.15, 0.2) is 11.6 Å². The summed E-state index contributed by atoms with van der Waals surface area (Å²) in [6.45, 7) is 6.14. The monoisotopic (exact) mass is 343 g/mol. The largest absolute Gasteiger partial charge is 0.444 e.